The number of halogens is 2. The normalized spacial score (nSPS) is 10.3. The molecule has 0 unspecified atom stereocenters. The molecule has 1 N–H and O–H groups in total. The lowest BCUT2D eigenvalue weighted by Gasteiger charge is -2.23. The van der Waals surface area contributed by atoms with Crippen molar-refractivity contribution in [1.29, 1.82) is 0 Å². The first kappa shape index (κ1) is 17.9. The molecular formula is C18H18ClFN2O2. The van der Waals surface area contributed by atoms with E-state index >= 15 is 0 Å². The molecule has 0 spiro atoms. The van der Waals surface area contributed by atoms with Gasteiger partial charge in [0.05, 0.1) is 0 Å². The van der Waals surface area contributed by atoms with Crippen LogP contribution in [-0.4, -0.2) is 18.4 Å². The third kappa shape index (κ3) is 4.55. The molecule has 126 valence electrons. The smallest absolute Gasteiger partial charge is 0.226 e. The van der Waals surface area contributed by atoms with Crippen LogP contribution in [0.3, 0.4) is 0 Å². The molecule has 0 aliphatic carbocycles. The highest BCUT2D eigenvalue weighted by Crippen LogP contribution is 2.26. The van der Waals surface area contributed by atoms with Crippen LogP contribution in [0.1, 0.15) is 18.9 Å². The Kier molecular flexibility index (Phi) is 5.93. The summed E-state index contributed by atoms with van der Waals surface area (Å²) in [4.78, 5) is 25.5. The summed E-state index contributed by atoms with van der Waals surface area (Å²) < 4.78 is 13.1. The van der Waals surface area contributed by atoms with Crippen molar-refractivity contribution in [3.05, 3.63) is 58.9 Å². The van der Waals surface area contributed by atoms with Crippen molar-refractivity contribution in [3.8, 4) is 0 Å². The number of benzene rings is 2. The molecule has 0 saturated heterocycles. The van der Waals surface area contributed by atoms with E-state index in [-0.39, 0.29) is 24.8 Å². The highest BCUT2D eigenvalue weighted by molar-refractivity contribution is 6.31. The minimum atomic E-state index is -0.423. The van der Waals surface area contributed by atoms with Crippen LogP contribution in [0, 0.1) is 12.7 Å². The van der Waals surface area contributed by atoms with Crippen molar-refractivity contribution in [2.45, 2.75) is 20.3 Å². The number of nitrogens with one attached hydrogen (secondary N) is 1. The molecule has 4 nitrogen and oxygen atoms in total. The van der Waals surface area contributed by atoms with E-state index < -0.39 is 5.82 Å². The minimum Gasteiger partial charge on any atom is -0.326 e. The molecule has 2 amide bonds. The molecule has 0 radical (unpaired) electrons. The van der Waals surface area contributed by atoms with Crippen LogP contribution < -0.4 is 10.2 Å². The molecule has 0 aliphatic heterocycles. The number of carbonyl (C=O) groups excluding carboxylic acids is 2. The summed E-state index contributed by atoms with van der Waals surface area (Å²) in [6, 6.07) is 10.9. The lowest BCUT2D eigenvalue weighted by Crippen LogP contribution is -2.32. The largest absolute Gasteiger partial charge is 0.326 e. The molecule has 0 saturated carbocycles. The molecule has 24 heavy (non-hydrogen) atoms. The minimum absolute atomic E-state index is 0.0854. The number of hydrogen-bond donors (Lipinski definition) is 1. The summed E-state index contributed by atoms with van der Waals surface area (Å²) in [7, 11) is 0. The first-order valence-electron chi connectivity index (χ1n) is 7.47. The maximum atomic E-state index is 13.1. The van der Waals surface area contributed by atoms with Gasteiger partial charge in [0.25, 0.3) is 0 Å². The fourth-order valence-electron chi connectivity index (χ4n) is 2.34. The van der Waals surface area contributed by atoms with Crippen molar-refractivity contribution >= 4 is 34.8 Å². The predicted octanol–water partition coefficient (Wildman–Crippen LogP) is 4.17. The van der Waals surface area contributed by atoms with Gasteiger partial charge in [0.1, 0.15) is 5.82 Å². The van der Waals surface area contributed by atoms with Gasteiger partial charge >= 0.3 is 0 Å². The van der Waals surface area contributed by atoms with Gasteiger partial charge in [-0.05, 0) is 42.8 Å². The van der Waals surface area contributed by atoms with Gasteiger partial charge in [0.2, 0.25) is 11.8 Å². The summed E-state index contributed by atoms with van der Waals surface area (Å²) in [5.74, 6) is -0.904. The van der Waals surface area contributed by atoms with Gasteiger partial charge in [-0.15, -0.1) is 0 Å². The number of carbonyl (C=O) groups is 2. The second-order valence-electron chi connectivity index (χ2n) is 5.36. The lowest BCUT2D eigenvalue weighted by atomic mass is 10.1. The summed E-state index contributed by atoms with van der Waals surface area (Å²) >= 11 is 6.09. The van der Waals surface area contributed by atoms with Crippen LogP contribution in [0.4, 0.5) is 15.8 Å². The molecule has 2 aromatic carbocycles. The summed E-state index contributed by atoms with van der Waals surface area (Å²) in [5, 5.41) is 3.17. The van der Waals surface area contributed by atoms with E-state index in [2.05, 4.69) is 5.32 Å². The molecule has 2 rings (SSSR count). The Bertz CT molecular complexity index is 764. The Morgan fingerprint density at radius 3 is 2.58 bits per heavy atom. The van der Waals surface area contributed by atoms with Gasteiger partial charge in [-0.3, -0.25) is 9.59 Å². The van der Waals surface area contributed by atoms with E-state index in [4.69, 9.17) is 11.6 Å². The molecule has 0 aliphatic rings. The topological polar surface area (TPSA) is 49.4 Å². The zero-order chi connectivity index (χ0) is 17.7. The SMILES string of the molecule is CC(=O)N(CCC(=O)Nc1cccc(F)c1)c1cccc(Cl)c1C. The van der Waals surface area contributed by atoms with E-state index in [1.807, 2.05) is 6.92 Å². The van der Waals surface area contributed by atoms with Crippen LogP contribution in [0.15, 0.2) is 42.5 Å². The quantitative estimate of drug-likeness (QED) is 0.881. The van der Waals surface area contributed by atoms with Crippen LogP contribution in [0.2, 0.25) is 5.02 Å². The third-order valence-electron chi connectivity index (χ3n) is 3.58. The van der Waals surface area contributed by atoms with Gasteiger partial charge in [-0.25, -0.2) is 4.39 Å². The Balaban J connectivity index is 2.05. The average Bonchev–Trinajstić information content (AvgIpc) is 2.51. The maximum absolute atomic E-state index is 13.1. The molecule has 0 heterocycles. The summed E-state index contributed by atoms with van der Waals surface area (Å²) in [6.07, 6.45) is 0.0854. The molecule has 0 atom stereocenters. The Hall–Kier alpha value is -2.40. The second-order valence-corrected chi connectivity index (χ2v) is 5.77. The molecule has 6 heteroatoms. The van der Waals surface area contributed by atoms with Gasteiger partial charge in [0, 0.05) is 36.3 Å². The Labute approximate surface area is 145 Å². The van der Waals surface area contributed by atoms with E-state index in [1.54, 1.807) is 24.3 Å². The van der Waals surface area contributed by atoms with Gasteiger partial charge in [-0.2, -0.15) is 0 Å². The van der Waals surface area contributed by atoms with Crippen molar-refractivity contribution in [1.82, 2.24) is 0 Å². The lowest BCUT2D eigenvalue weighted by molar-refractivity contribution is -0.117. The van der Waals surface area contributed by atoms with E-state index in [1.165, 1.54) is 30.0 Å². The summed E-state index contributed by atoms with van der Waals surface area (Å²) in [6.45, 7) is 3.46. The van der Waals surface area contributed by atoms with Gasteiger partial charge in [0.15, 0.2) is 0 Å². The predicted molar refractivity (Wildman–Crippen MR) is 93.9 cm³/mol. The van der Waals surface area contributed by atoms with E-state index in [9.17, 15) is 14.0 Å². The number of nitrogens with zero attached hydrogens (tertiary/aromatic N) is 1. The fraction of sp³-hybridized carbons (Fsp3) is 0.222. The van der Waals surface area contributed by atoms with Crippen LogP contribution in [-0.2, 0) is 9.59 Å². The van der Waals surface area contributed by atoms with Gasteiger partial charge in [-0.1, -0.05) is 23.7 Å². The highest BCUT2D eigenvalue weighted by atomic mass is 35.5. The van der Waals surface area contributed by atoms with Crippen LogP contribution in [0.25, 0.3) is 0 Å². The third-order valence-corrected chi connectivity index (χ3v) is 3.99. The molecule has 2 aromatic rings. The molecule has 0 bridgehead atoms. The second kappa shape index (κ2) is 7.93. The van der Waals surface area contributed by atoms with Crippen LogP contribution in [0.5, 0.6) is 0 Å². The monoisotopic (exact) mass is 348 g/mol. The number of amides is 2. The van der Waals surface area contributed by atoms with Crippen molar-refractivity contribution in [3.63, 3.8) is 0 Å². The first-order chi connectivity index (χ1) is 11.4. The summed E-state index contributed by atoms with van der Waals surface area (Å²) in [5.41, 5.74) is 1.83. The van der Waals surface area contributed by atoms with Crippen LogP contribution >= 0.6 is 11.6 Å². The highest BCUT2D eigenvalue weighted by Gasteiger charge is 2.16. The zero-order valence-corrected chi connectivity index (χ0v) is 14.2. The van der Waals surface area contributed by atoms with E-state index in [0.717, 1.165) is 5.56 Å². The fourth-order valence-corrected chi connectivity index (χ4v) is 2.51. The zero-order valence-electron chi connectivity index (χ0n) is 13.5. The molecule has 0 fully saturated rings. The first-order valence-corrected chi connectivity index (χ1v) is 7.85. The van der Waals surface area contributed by atoms with Crippen molar-refractivity contribution in [2.24, 2.45) is 0 Å². The number of hydrogen-bond acceptors (Lipinski definition) is 2. The average molecular weight is 349 g/mol. The van der Waals surface area contributed by atoms with Crippen molar-refractivity contribution in [2.75, 3.05) is 16.8 Å². The van der Waals surface area contributed by atoms with Gasteiger partial charge < -0.3 is 10.2 Å². The van der Waals surface area contributed by atoms with E-state index in [0.29, 0.717) is 16.4 Å². The number of rotatable bonds is 5. The molecule has 0 aromatic heterocycles. The maximum Gasteiger partial charge on any atom is 0.226 e. The Morgan fingerprint density at radius 1 is 1.21 bits per heavy atom. The van der Waals surface area contributed by atoms with Crippen molar-refractivity contribution < 1.29 is 14.0 Å². The standard InChI is InChI=1S/C18H18ClFN2O2/c1-12-16(19)7-4-8-17(12)22(13(2)23)10-9-18(24)21-15-6-3-5-14(20)11-15/h3-8,11H,9-10H2,1-2H3,(H,21,24). The Morgan fingerprint density at radius 2 is 1.92 bits per heavy atom. The molecular weight excluding hydrogens is 331 g/mol. The number of anilines is 2.